The molecule has 1 aromatic heterocycles. The van der Waals surface area contributed by atoms with Crippen molar-refractivity contribution in [3.05, 3.63) is 88.9 Å². The summed E-state index contributed by atoms with van der Waals surface area (Å²) in [6, 6.07) is 16.4. The molecule has 1 atom stereocenters. The van der Waals surface area contributed by atoms with Crippen LogP contribution in [0.15, 0.2) is 65.8 Å². The molecule has 4 N–H and O–H groups in total. The molecule has 0 saturated heterocycles. The van der Waals surface area contributed by atoms with Crippen LogP contribution in [0.2, 0.25) is 0 Å². The van der Waals surface area contributed by atoms with Crippen LogP contribution >= 0.6 is 0 Å². The van der Waals surface area contributed by atoms with Crippen LogP contribution in [0.25, 0.3) is 10.9 Å². The van der Waals surface area contributed by atoms with Crippen molar-refractivity contribution in [1.82, 2.24) is 15.1 Å². The van der Waals surface area contributed by atoms with Gasteiger partial charge in [0.2, 0.25) is 0 Å². The standard InChI is InChI=1S/C29H33FN6O3S/c1-39-28-16-25-26(15-21(28)6-4-10-32-11-12-40(2,37)38)33-19-34-29(25,31)23-8-9-27-22(14-23)17-35-36(27)18-20-5-3-7-24(30)13-20/h3,5,7-9,13-17,19,32H,4,6,10-12,18,31H2,1-2H3,(H,33,34). The minimum atomic E-state index is -2.98. The Labute approximate surface area is 233 Å². The van der Waals surface area contributed by atoms with E-state index in [0.29, 0.717) is 25.4 Å². The number of nitrogens with zero attached hydrogens (tertiary/aromatic N) is 3. The van der Waals surface area contributed by atoms with E-state index in [4.69, 9.17) is 10.5 Å². The normalized spacial score (nSPS) is 16.6. The maximum absolute atomic E-state index is 13.7. The van der Waals surface area contributed by atoms with E-state index < -0.39 is 15.5 Å². The largest absolute Gasteiger partial charge is 0.496 e. The predicted octanol–water partition coefficient (Wildman–Crippen LogP) is 3.41. The van der Waals surface area contributed by atoms with Crippen LogP contribution in [-0.2, 0) is 28.5 Å². The summed E-state index contributed by atoms with van der Waals surface area (Å²) in [5, 5.41) is 11.8. The van der Waals surface area contributed by atoms with Gasteiger partial charge in [0, 0.05) is 29.4 Å². The van der Waals surface area contributed by atoms with Crippen LogP contribution in [0.5, 0.6) is 5.75 Å². The van der Waals surface area contributed by atoms with Crippen molar-refractivity contribution in [2.24, 2.45) is 10.7 Å². The second kappa shape index (κ2) is 11.4. The zero-order valence-corrected chi connectivity index (χ0v) is 23.3. The minimum Gasteiger partial charge on any atom is -0.496 e. The molecule has 3 aromatic carbocycles. The van der Waals surface area contributed by atoms with Gasteiger partial charge in [-0.1, -0.05) is 18.2 Å². The lowest BCUT2D eigenvalue weighted by Crippen LogP contribution is -2.39. The number of hydrogen-bond acceptors (Lipinski definition) is 8. The molecule has 0 fully saturated rings. The van der Waals surface area contributed by atoms with Gasteiger partial charge < -0.3 is 15.4 Å². The lowest BCUT2D eigenvalue weighted by atomic mass is 9.88. The second-order valence-electron chi connectivity index (χ2n) is 10.1. The molecule has 0 amide bonds. The van der Waals surface area contributed by atoms with Gasteiger partial charge in [-0.3, -0.25) is 10.4 Å². The third-order valence-corrected chi connectivity index (χ3v) is 8.02. The number of sulfone groups is 1. The van der Waals surface area contributed by atoms with Crippen LogP contribution in [0, 0.1) is 5.82 Å². The summed E-state index contributed by atoms with van der Waals surface area (Å²) in [5.41, 5.74) is 11.0. The van der Waals surface area contributed by atoms with Crippen molar-refractivity contribution >= 4 is 32.8 Å². The Morgan fingerprint density at radius 2 is 2.00 bits per heavy atom. The molecule has 0 aliphatic carbocycles. The Hall–Kier alpha value is -3.80. The number of nitrogens with two attached hydrogens (primary N) is 1. The van der Waals surface area contributed by atoms with Crippen molar-refractivity contribution in [2.45, 2.75) is 25.0 Å². The first kappa shape index (κ1) is 27.8. The monoisotopic (exact) mass is 564 g/mol. The van der Waals surface area contributed by atoms with Crippen LogP contribution in [0.1, 0.15) is 28.7 Å². The molecule has 40 heavy (non-hydrogen) atoms. The molecule has 9 nitrogen and oxygen atoms in total. The number of aryl methyl sites for hydroxylation is 1. The molecule has 210 valence electrons. The number of fused-ring (bicyclic) bond motifs is 2. The molecular formula is C29H33FN6O3S. The molecular weight excluding hydrogens is 531 g/mol. The number of rotatable bonds is 11. The fraction of sp³-hybridized carbons (Fsp3) is 0.310. The maximum atomic E-state index is 13.7. The van der Waals surface area contributed by atoms with Gasteiger partial charge in [-0.25, -0.2) is 17.8 Å². The molecule has 0 saturated carbocycles. The summed E-state index contributed by atoms with van der Waals surface area (Å²) in [7, 11) is -1.34. The van der Waals surface area contributed by atoms with Crippen LogP contribution in [0.4, 0.5) is 10.1 Å². The Balaban J connectivity index is 1.36. The molecule has 1 aliphatic heterocycles. The minimum absolute atomic E-state index is 0.122. The van der Waals surface area contributed by atoms with E-state index in [1.54, 1.807) is 25.7 Å². The van der Waals surface area contributed by atoms with E-state index in [0.717, 1.165) is 51.7 Å². The van der Waals surface area contributed by atoms with E-state index in [-0.39, 0.29) is 11.6 Å². The van der Waals surface area contributed by atoms with Gasteiger partial charge in [-0.2, -0.15) is 5.10 Å². The number of aliphatic imine (C=N–C) groups is 1. The average Bonchev–Trinajstić information content (AvgIpc) is 3.31. The second-order valence-corrected chi connectivity index (χ2v) is 12.3. The highest BCUT2D eigenvalue weighted by Crippen LogP contribution is 2.40. The number of halogens is 1. The van der Waals surface area contributed by atoms with E-state index in [1.165, 1.54) is 18.4 Å². The number of benzene rings is 3. The molecule has 4 aromatic rings. The third kappa shape index (κ3) is 6.01. The average molecular weight is 565 g/mol. The molecule has 0 spiro atoms. The Morgan fingerprint density at radius 3 is 2.77 bits per heavy atom. The molecule has 0 radical (unpaired) electrons. The fourth-order valence-corrected chi connectivity index (χ4v) is 5.51. The lowest BCUT2D eigenvalue weighted by molar-refractivity contribution is 0.406. The highest BCUT2D eigenvalue weighted by molar-refractivity contribution is 7.90. The Bertz CT molecular complexity index is 1670. The summed E-state index contributed by atoms with van der Waals surface area (Å²) in [6.45, 7) is 1.58. The van der Waals surface area contributed by atoms with E-state index in [1.807, 2.05) is 41.1 Å². The Kier molecular flexibility index (Phi) is 7.88. The summed E-state index contributed by atoms with van der Waals surface area (Å²) in [6.07, 6.45) is 6.19. The van der Waals surface area contributed by atoms with Crippen molar-refractivity contribution in [1.29, 1.82) is 0 Å². The number of methoxy groups -OCH3 is 1. The molecule has 0 bridgehead atoms. The summed E-state index contributed by atoms with van der Waals surface area (Å²) < 4.78 is 43.8. The van der Waals surface area contributed by atoms with Gasteiger partial charge in [-0.15, -0.1) is 0 Å². The molecule has 5 rings (SSSR count). The quantitative estimate of drug-likeness (QED) is 0.239. The molecule has 1 aliphatic rings. The van der Waals surface area contributed by atoms with Crippen molar-refractivity contribution < 1.29 is 17.5 Å². The van der Waals surface area contributed by atoms with E-state index >= 15 is 0 Å². The Morgan fingerprint density at radius 1 is 1.15 bits per heavy atom. The van der Waals surface area contributed by atoms with Crippen LogP contribution in [-0.4, -0.2) is 56.7 Å². The number of ether oxygens (including phenoxy) is 1. The first-order valence-electron chi connectivity index (χ1n) is 13.1. The third-order valence-electron chi connectivity index (χ3n) is 7.07. The number of nitrogens with one attached hydrogen (secondary N) is 2. The summed E-state index contributed by atoms with van der Waals surface area (Å²) in [5.74, 6) is 0.563. The smallest absolute Gasteiger partial charge is 0.163 e. The van der Waals surface area contributed by atoms with Crippen molar-refractivity contribution in [2.75, 3.05) is 37.5 Å². The summed E-state index contributed by atoms with van der Waals surface area (Å²) in [4.78, 5) is 4.64. The van der Waals surface area contributed by atoms with Gasteiger partial charge in [0.15, 0.2) is 5.66 Å². The van der Waals surface area contributed by atoms with Gasteiger partial charge >= 0.3 is 0 Å². The predicted molar refractivity (Wildman–Crippen MR) is 156 cm³/mol. The highest BCUT2D eigenvalue weighted by Gasteiger charge is 2.35. The van der Waals surface area contributed by atoms with Crippen molar-refractivity contribution in [3.63, 3.8) is 0 Å². The molecule has 2 heterocycles. The maximum Gasteiger partial charge on any atom is 0.163 e. The highest BCUT2D eigenvalue weighted by atomic mass is 32.2. The topological polar surface area (TPSA) is 124 Å². The van der Waals surface area contributed by atoms with E-state index in [9.17, 15) is 12.8 Å². The van der Waals surface area contributed by atoms with Crippen molar-refractivity contribution in [3.8, 4) is 5.75 Å². The SMILES string of the molecule is COc1cc2c(cc1CCCNCCS(C)(=O)=O)NC=NC2(N)c1ccc2c(cnn2Cc2cccc(F)c2)c1. The zero-order chi connectivity index (χ0) is 28.3. The first-order chi connectivity index (χ1) is 19.2. The number of anilines is 1. The number of aromatic nitrogens is 2. The first-order valence-corrected chi connectivity index (χ1v) is 15.1. The van der Waals surface area contributed by atoms with Gasteiger partial charge in [0.05, 0.1) is 37.5 Å². The fourth-order valence-electron chi connectivity index (χ4n) is 4.99. The van der Waals surface area contributed by atoms with E-state index in [2.05, 4.69) is 20.7 Å². The van der Waals surface area contributed by atoms with Gasteiger partial charge in [0.1, 0.15) is 21.4 Å². The van der Waals surface area contributed by atoms with Gasteiger partial charge in [0.25, 0.3) is 0 Å². The molecule has 11 heteroatoms. The molecule has 1 unspecified atom stereocenters. The number of hydrogen-bond donors (Lipinski definition) is 3. The van der Waals surface area contributed by atoms with Crippen LogP contribution in [0.3, 0.4) is 0 Å². The summed E-state index contributed by atoms with van der Waals surface area (Å²) >= 11 is 0. The zero-order valence-electron chi connectivity index (χ0n) is 22.5. The van der Waals surface area contributed by atoms with Crippen LogP contribution < -0.4 is 21.1 Å². The lowest BCUT2D eigenvalue weighted by Gasteiger charge is -2.32. The van der Waals surface area contributed by atoms with Gasteiger partial charge in [-0.05, 0) is 72.5 Å².